The quantitative estimate of drug-likeness (QED) is 0.473. The van der Waals surface area contributed by atoms with Crippen LogP contribution in [0.25, 0.3) is 0 Å². The van der Waals surface area contributed by atoms with Crippen molar-refractivity contribution in [1.29, 1.82) is 0 Å². The summed E-state index contributed by atoms with van der Waals surface area (Å²) in [6.07, 6.45) is 1.36. The van der Waals surface area contributed by atoms with Gasteiger partial charge in [-0.1, -0.05) is 29.3 Å². The number of carbonyl (C=O) groups excluding carboxylic acids is 2. The second-order valence-corrected chi connectivity index (χ2v) is 6.10. The average molecular weight is 387 g/mol. The maximum absolute atomic E-state index is 10.8. The summed E-state index contributed by atoms with van der Waals surface area (Å²) < 4.78 is 11.5. The molecule has 0 heterocycles. The van der Waals surface area contributed by atoms with Gasteiger partial charge in [-0.15, -0.1) is 0 Å². The monoisotopic (exact) mass is 386 g/mol. The molecule has 3 aromatic carbocycles. The summed E-state index contributed by atoms with van der Waals surface area (Å²) in [5.74, 6) is 2.06. The third kappa shape index (κ3) is 4.23. The molecule has 3 rings (SSSR count). The summed E-state index contributed by atoms with van der Waals surface area (Å²) in [6.45, 7) is 0. The van der Waals surface area contributed by atoms with Gasteiger partial charge in [-0.25, -0.2) is 0 Å². The van der Waals surface area contributed by atoms with Crippen LogP contribution in [0.3, 0.4) is 0 Å². The zero-order valence-electron chi connectivity index (χ0n) is 13.3. The third-order valence-corrected chi connectivity index (χ3v) is 4.13. The minimum Gasteiger partial charge on any atom is -0.457 e. The Kier molecular flexibility index (Phi) is 5.56. The van der Waals surface area contributed by atoms with Crippen molar-refractivity contribution < 1.29 is 19.1 Å². The van der Waals surface area contributed by atoms with Crippen LogP contribution in [0.1, 0.15) is 20.7 Å². The van der Waals surface area contributed by atoms with Crippen molar-refractivity contribution in [2.45, 2.75) is 0 Å². The van der Waals surface area contributed by atoms with Crippen molar-refractivity contribution in [2.24, 2.45) is 0 Å². The van der Waals surface area contributed by atoms with Crippen LogP contribution in [-0.4, -0.2) is 12.6 Å². The highest BCUT2D eigenvalue weighted by molar-refractivity contribution is 6.33. The molecule has 0 saturated carbocycles. The highest BCUT2D eigenvalue weighted by Gasteiger charge is 2.06. The van der Waals surface area contributed by atoms with Gasteiger partial charge in [0.25, 0.3) is 0 Å². The van der Waals surface area contributed by atoms with Gasteiger partial charge >= 0.3 is 0 Å². The lowest BCUT2D eigenvalue weighted by molar-refractivity contribution is 0.111. The van der Waals surface area contributed by atoms with E-state index in [2.05, 4.69) is 0 Å². The van der Waals surface area contributed by atoms with E-state index >= 15 is 0 Å². The van der Waals surface area contributed by atoms with E-state index in [1.54, 1.807) is 60.7 Å². The molecule has 0 fully saturated rings. The first-order valence-electron chi connectivity index (χ1n) is 7.54. The molecular weight excluding hydrogens is 375 g/mol. The molecule has 6 heteroatoms. The number of hydrogen-bond donors (Lipinski definition) is 0. The van der Waals surface area contributed by atoms with Crippen molar-refractivity contribution in [3.05, 3.63) is 81.8 Å². The lowest BCUT2D eigenvalue weighted by Gasteiger charge is -2.10. The fraction of sp³-hybridized carbons (Fsp3) is 0. The molecule has 0 aromatic heterocycles. The lowest BCUT2D eigenvalue weighted by atomic mass is 10.2. The molecule has 0 aliphatic heterocycles. The van der Waals surface area contributed by atoms with Gasteiger partial charge in [-0.3, -0.25) is 9.59 Å². The second-order valence-electron chi connectivity index (χ2n) is 5.28. The minimum absolute atomic E-state index is 0.315. The van der Waals surface area contributed by atoms with E-state index in [1.165, 1.54) is 0 Å². The van der Waals surface area contributed by atoms with Gasteiger partial charge in [0.1, 0.15) is 23.0 Å². The topological polar surface area (TPSA) is 52.6 Å². The average Bonchev–Trinajstić information content (AvgIpc) is 2.62. The van der Waals surface area contributed by atoms with E-state index in [4.69, 9.17) is 32.7 Å². The lowest BCUT2D eigenvalue weighted by Crippen LogP contribution is -1.89. The SMILES string of the molecule is O=Cc1ccc(Oc2cccc(Oc3ccc(C=O)c(Cl)c3)c2)cc1Cl. The fourth-order valence-electron chi connectivity index (χ4n) is 2.21. The molecular formula is C20H12Cl2O4. The molecule has 0 atom stereocenters. The summed E-state index contributed by atoms with van der Waals surface area (Å²) in [6, 6.07) is 16.6. The third-order valence-electron chi connectivity index (χ3n) is 3.47. The molecule has 4 nitrogen and oxygen atoms in total. The van der Waals surface area contributed by atoms with E-state index in [0.29, 0.717) is 56.7 Å². The molecule has 0 bridgehead atoms. The Hall–Kier alpha value is -2.82. The van der Waals surface area contributed by atoms with Crippen LogP contribution >= 0.6 is 23.2 Å². The number of halogens is 2. The molecule has 0 N–H and O–H groups in total. The fourth-order valence-corrected chi connectivity index (χ4v) is 2.64. The Morgan fingerprint density at radius 3 is 1.42 bits per heavy atom. The first-order valence-corrected chi connectivity index (χ1v) is 8.30. The van der Waals surface area contributed by atoms with Gasteiger partial charge in [-0.2, -0.15) is 0 Å². The molecule has 0 aliphatic rings. The van der Waals surface area contributed by atoms with Crippen molar-refractivity contribution >= 4 is 35.8 Å². The number of benzene rings is 3. The Balaban J connectivity index is 1.78. The van der Waals surface area contributed by atoms with Crippen LogP contribution in [0.15, 0.2) is 60.7 Å². The maximum atomic E-state index is 10.8. The molecule has 0 radical (unpaired) electrons. The number of rotatable bonds is 6. The highest BCUT2D eigenvalue weighted by Crippen LogP contribution is 2.31. The van der Waals surface area contributed by atoms with Crippen molar-refractivity contribution in [3.8, 4) is 23.0 Å². The minimum atomic E-state index is 0.315. The van der Waals surface area contributed by atoms with E-state index in [9.17, 15) is 9.59 Å². The second kappa shape index (κ2) is 8.04. The van der Waals surface area contributed by atoms with Crippen molar-refractivity contribution in [2.75, 3.05) is 0 Å². The molecule has 0 amide bonds. The summed E-state index contributed by atoms with van der Waals surface area (Å²) >= 11 is 12.0. The first-order chi connectivity index (χ1) is 12.6. The van der Waals surface area contributed by atoms with Crippen LogP contribution in [0.5, 0.6) is 23.0 Å². The summed E-state index contributed by atoms with van der Waals surface area (Å²) in [5.41, 5.74) is 0.790. The molecule has 0 spiro atoms. The van der Waals surface area contributed by atoms with Crippen LogP contribution in [0.2, 0.25) is 10.0 Å². The highest BCUT2D eigenvalue weighted by atomic mass is 35.5. The summed E-state index contributed by atoms with van der Waals surface area (Å²) in [4.78, 5) is 21.6. The van der Waals surface area contributed by atoms with Crippen LogP contribution in [-0.2, 0) is 0 Å². The van der Waals surface area contributed by atoms with Gasteiger partial charge in [0.2, 0.25) is 0 Å². The Morgan fingerprint density at radius 2 is 1.04 bits per heavy atom. The van der Waals surface area contributed by atoms with E-state index in [1.807, 2.05) is 0 Å². The molecule has 0 saturated heterocycles. The van der Waals surface area contributed by atoms with Crippen LogP contribution in [0, 0.1) is 0 Å². The van der Waals surface area contributed by atoms with Gasteiger partial charge in [0.15, 0.2) is 12.6 Å². The molecule has 0 aliphatic carbocycles. The molecule has 0 unspecified atom stereocenters. The van der Waals surface area contributed by atoms with Gasteiger partial charge < -0.3 is 9.47 Å². The van der Waals surface area contributed by atoms with E-state index in [0.717, 1.165) is 0 Å². The van der Waals surface area contributed by atoms with Gasteiger partial charge in [-0.05, 0) is 36.4 Å². The zero-order chi connectivity index (χ0) is 18.5. The smallest absolute Gasteiger partial charge is 0.151 e. The zero-order valence-corrected chi connectivity index (χ0v) is 14.8. The van der Waals surface area contributed by atoms with Crippen LogP contribution < -0.4 is 9.47 Å². The molecule has 3 aromatic rings. The van der Waals surface area contributed by atoms with Crippen molar-refractivity contribution in [1.82, 2.24) is 0 Å². The van der Waals surface area contributed by atoms with E-state index in [-0.39, 0.29) is 0 Å². The Morgan fingerprint density at radius 1 is 0.615 bits per heavy atom. The number of hydrogen-bond acceptors (Lipinski definition) is 4. The maximum Gasteiger partial charge on any atom is 0.151 e. The number of carbonyl (C=O) groups is 2. The van der Waals surface area contributed by atoms with Gasteiger partial charge in [0, 0.05) is 29.3 Å². The van der Waals surface area contributed by atoms with Crippen molar-refractivity contribution in [3.63, 3.8) is 0 Å². The van der Waals surface area contributed by atoms with E-state index < -0.39 is 0 Å². The first kappa shape index (κ1) is 18.0. The summed E-state index contributed by atoms with van der Waals surface area (Å²) in [5, 5.41) is 0.629. The Labute approximate surface area is 159 Å². The number of ether oxygens (including phenoxy) is 2. The molecule has 26 heavy (non-hydrogen) atoms. The largest absolute Gasteiger partial charge is 0.457 e. The van der Waals surface area contributed by atoms with Gasteiger partial charge in [0.05, 0.1) is 10.0 Å². The van der Waals surface area contributed by atoms with Crippen LogP contribution in [0.4, 0.5) is 0 Å². The standard InChI is InChI=1S/C20H12Cl2O4/c21-19-9-17(6-4-13(19)11-23)25-15-2-1-3-16(8-15)26-18-7-5-14(12-24)20(22)10-18/h1-12H. The summed E-state index contributed by atoms with van der Waals surface area (Å²) in [7, 11) is 0. The predicted molar refractivity (Wildman–Crippen MR) is 100 cm³/mol. The Bertz CT molecular complexity index is 895. The normalized spacial score (nSPS) is 10.2. The number of aldehydes is 2. The molecule has 130 valence electrons. The predicted octanol–water partition coefficient (Wildman–Crippen LogP) is 6.20.